The molecule has 0 fully saturated rings. The van der Waals surface area contributed by atoms with Crippen molar-refractivity contribution in [2.75, 3.05) is 5.43 Å². The molecule has 4 nitrogen and oxygen atoms in total. The average molecular weight is 176 g/mol. The second-order valence-electron chi connectivity index (χ2n) is 2.81. The molecule has 0 saturated heterocycles. The zero-order valence-corrected chi connectivity index (χ0v) is 6.82. The molecule has 1 aliphatic rings. The minimum Gasteiger partial charge on any atom is -0.477 e. The van der Waals surface area contributed by atoms with E-state index in [-0.39, 0.29) is 5.71 Å². The highest BCUT2D eigenvalue weighted by Gasteiger charge is 2.16. The molecule has 1 aromatic rings. The van der Waals surface area contributed by atoms with Crippen molar-refractivity contribution >= 4 is 17.4 Å². The minimum absolute atomic E-state index is 0.152. The molecule has 0 aliphatic carbocycles. The molecule has 0 unspecified atom stereocenters. The van der Waals surface area contributed by atoms with Crippen LogP contribution < -0.4 is 5.43 Å². The largest absolute Gasteiger partial charge is 0.477 e. The van der Waals surface area contributed by atoms with Gasteiger partial charge < -0.3 is 5.11 Å². The molecular weight excluding hydrogens is 168 g/mol. The van der Waals surface area contributed by atoms with Gasteiger partial charge in [-0.25, -0.2) is 4.79 Å². The Morgan fingerprint density at radius 3 is 3.00 bits per heavy atom. The standard InChI is InChI=1S/C9H8N2O2/c12-9(13)8-5-6-3-1-2-4-7(6)10-11-8/h1-4,10H,5H2,(H,12,13). The fourth-order valence-electron chi connectivity index (χ4n) is 1.25. The van der Waals surface area contributed by atoms with Crippen molar-refractivity contribution in [3.8, 4) is 0 Å². The molecule has 0 radical (unpaired) electrons. The van der Waals surface area contributed by atoms with Crippen LogP contribution in [0, 0.1) is 0 Å². The minimum atomic E-state index is -0.970. The van der Waals surface area contributed by atoms with E-state index in [1.54, 1.807) is 0 Å². The Balaban J connectivity index is 2.33. The molecule has 0 bridgehead atoms. The van der Waals surface area contributed by atoms with E-state index in [4.69, 9.17) is 5.11 Å². The summed E-state index contributed by atoms with van der Waals surface area (Å²) in [5.41, 5.74) is 4.70. The number of carboxylic acids is 1. The first-order chi connectivity index (χ1) is 6.27. The van der Waals surface area contributed by atoms with Gasteiger partial charge in [0.25, 0.3) is 0 Å². The first-order valence-electron chi connectivity index (χ1n) is 3.91. The molecule has 1 aromatic carbocycles. The summed E-state index contributed by atoms with van der Waals surface area (Å²) in [5, 5.41) is 12.4. The number of nitrogens with one attached hydrogen (secondary N) is 1. The Hall–Kier alpha value is -1.84. The van der Waals surface area contributed by atoms with Crippen LogP contribution in [0.5, 0.6) is 0 Å². The van der Waals surface area contributed by atoms with Crippen LogP contribution in [0.1, 0.15) is 5.56 Å². The van der Waals surface area contributed by atoms with Gasteiger partial charge in [-0.2, -0.15) is 5.10 Å². The molecule has 1 heterocycles. The number of rotatable bonds is 1. The number of para-hydroxylation sites is 1. The van der Waals surface area contributed by atoms with Crippen molar-refractivity contribution in [2.24, 2.45) is 5.10 Å². The van der Waals surface area contributed by atoms with Crippen LogP contribution in [0.3, 0.4) is 0 Å². The summed E-state index contributed by atoms with van der Waals surface area (Å²) in [5.74, 6) is -0.970. The molecule has 2 N–H and O–H groups in total. The third kappa shape index (κ3) is 1.38. The predicted octanol–water partition coefficient (Wildman–Crippen LogP) is 1.10. The van der Waals surface area contributed by atoms with Crippen molar-refractivity contribution in [1.29, 1.82) is 0 Å². The monoisotopic (exact) mass is 176 g/mol. The number of carboxylic acid groups (broad SMARTS) is 1. The van der Waals surface area contributed by atoms with Crippen molar-refractivity contribution in [3.05, 3.63) is 29.8 Å². The number of carbonyl (C=O) groups is 1. The smallest absolute Gasteiger partial charge is 0.352 e. The molecule has 0 aromatic heterocycles. The van der Waals surface area contributed by atoms with Crippen LogP contribution in [0.25, 0.3) is 0 Å². The Morgan fingerprint density at radius 2 is 2.23 bits per heavy atom. The summed E-state index contributed by atoms with van der Waals surface area (Å²) in [7, 11) is 0. The fraction of sp³-hybridized carbons (Fsp3) is 0.111. The Bertz CT molecular complexity index is 385. The van der Waals surface area contributed by atoms with Gasteiger partial charge in [-0.05, 0) is 11.6 Å². The second kappa shape index (κ2) is 2.90. The molecule has 0 saturated carbocycles. The van der Waals surface area contributed by atoms with Gasteiger partial charge in [-0.1, -0.05) is 18.2 Å². The number of hydrazone groups is 1. The van der Waals surface area contributed by atoms with E-state index in [0.717, 1.165) is 11.3 Å². The quantitative estimate of drug-likeness (QED) is 0.673. The highest BCUT2D eigenvalue weighted by molar-refractivity contribution is 6.36. The Morgan fingerprint density at radius 1 is 1.46 bits per heavy atom. The van der Waals surface area contributed by atoms with E-state index in [9.17, 15) is 4.79 Å². The number of fused-ring (bicyclic) bond motifs is 1. The van der Waals surface area contributed by atoms with E-state index >= 15 is 0 Å². The number of hydrogen-bond acceptors (Lipinski definition) is 3. The summed E-state index contributed by atoms with van der Waals surface area (Å²) in [4.78, 5) is 10.6. The normalized spacial score (nSPS) is 14.0. The average Bonchev–Trinajstić information content (AvgIpc) is 2.17. The molecule has 1 aliphatic heterocycles. The van der Waals surface area contributed by atoms with Gasteiger partial charge >= 0.3 is 5.97 Å². The van der Waals surface area contributed by atoms with Gasteiger partial charge in [-0.3, -0.25) is 5.43 Å². The maximum atomic E-state index is 10.6. The fourth-order valence-corrected chi connectivity index (χ4v) is 1.25. The number of anilines is 1. The van der Waals surface area contributed by atoms with Gasteiger partial charge in [-0.15, -0.1) is 0 Å². The zero-order chi connectivity index (χ0) is 9.26. The van der Waals surface area contributed by atoms with Crippen LogP contribution in [0.2, 0.25) is 0 Å². The number of benzene rings is 1. The van der Waals surface area contributed by atoms with Gasteiger partial charge in [0, 0.05) is 6.42 Å². The molecule has 2 rings (SSSR count). The first-order valence-corrected chi connectivity index (χ1v) is 3.91. The number of aliphatic carboxylic acids is 1. The molecular formula is C9H8N2O2. The maximum Gasteiger partial charge on any atom is 0.352 e. The third-order valence-corrected chi connectivity index (χ3v) is 1.93. The summed E-state index contributed by atoms with van der Waals surface area (Å²) in [6.07, 6.45) is 0.387. The van der Waals surface area contributed by atoms with Crippen molar-refractivity contribution in [2.45, 2.75) is 6.42 Å². The van der Waals surface area contributed by atoms with Crippen molar-refractivity contribution in [3.63, 3.8) is 0 Å². The summed E-state index contributed by atoms with van der Waals surface area (Å²) in [6, 6.07) is 7.52. The van der Waals surface area contributed by atoms with Gasteiger partial charge in [0.1, 0.15) is 5.71 Å². The van der Waals surface area contributed by atoms with Crippen LogP contribution >= 0.6 is 0 Å². The van der Waals surface area contributed by atoms with E-state index < -0.39 is 5.97 Å². The lowest BCUT2D eigenvalue weighted by molar-refractivity contribution is -0.129. The molecule has 0 atom stereocenters. The molecule has 0 amide bonds. The van der Waals surface area contributed by atoms with Gasteiger partial charge in [0.15, 0.2) is 0 Å². The van der Waals surface area contributed by atoms with E-state index in [1.165, 1.54) is 0 Å². The molecule has 4 heteroatoms. The van der Waals surface area contributed by atoms with Crippen LogP contribution in [-0.2, 0) is 11.2 Å². The third-order valence-electron chi connectivity index (χ3n) is 1.93. The van der Waals surface area contributed by atoms with Crippen LogP contribution in [0.15, 0.2) is 29.4 Å². The Labute approximate surface area is 74.9 Å². The first kappa shape index (κ1) is 7.79. The SMILES string of the molecule is O=C(O)C1=NNc2ccccc2C1. The molecule has 13 heavy (non-hydrogen) atoms. The van der Waals surface area contributed by atoms with E-state index in [2.05, 4.69) is 10.5 Å². The van der Waals surface area contributed by atoms with Gasteiger partial charge in [0.2, 0.25) is 0 Å². The van der Waals surface area contributed by atoms with Gasteiger partial charge in [0.05, 0.1) is 5.69 Å². The predicted molar refractivity (Wildman–Crippen MR) is 48.8 cm³/mol. The highest BCUT2D eigenvalue weighted by atomic mass is 16.4. The zero-order valence-electron chi connectivity index (χ0n) is 6.82. The number of hydrogen-bond donors (Lipinski definition) is 2. The summed E-state index contributed by atoms with van der Waals surface area (Å²) < 4.78 is 0. The topological polar surface area (TPSA) is 61.7 Å². The number of nitrogens with zero attached hydrogens (tertiary/aromatic N) is 1. The lowest BCUT2D eigenvalue weighted by Gasteiger charge is -2.13. The van der Waals surface area contributed by atoms with E-state index in [1.807, 2.05) is 24.3 Å². The lowest BCUT2D eigenvalue weighted by atomic mass is 10.1. The molecule has 0 spiro atoms. The Kier molecular flexibility index (Phi) is 1.73. The second-order valence-corrected chi connectivity index (χ2v) is 2.81. The molecule has 66 valence electrons. The lowest BCUT2D eigenvalue weighted by Crippen LogP contribution is -2.21. The maximum absolute atomic E-state index is 10.6. The highest BCUT2D eigenvalue weighted by Crippen LogP contribution is 2.19. The summed E-state index contributed by atoms with van der Waals surface area (Å²) >= 11 is 0. The summed E-state index contributed by atoms with van der Waals surface area (Å²) in [6.45, 7) is 0. The van der Waals surface area contributed by atoms with Crippen LogP contribution in [-0.4, -0.2) is 16.8 Å². The van der Waals surface area contributed by atoms with Crippen molar-refractivity contribution in [1.82, 2.24) is 0 Å². The van der Waals surface area contributed by atoms with E-state index in [0.29, 0.717) is 6.42 Å². The van der Waals surface area contributed by atoms with Crippen molar-refractivity contribution < 1.29 is 9.90 Å². The van der Waals surface area contributed by atoms with Crippen LogP contribution in [0.4, 0.5) is 5.69 Å².